The van der Waals surface area contributed by atoms with Crippen LogP contribution in [-0.4, -0.2) is 15.0 Å². The maximum absolute atomic E-state index is 6.05. The molecule has 0 saturated carbocycles. The van der Waals surface area contributed by atoms with E-state index >= 15 is 0 Å². The van der Waals surface area contributed by atoms with Gasteiger partial charge in [-0.2, -0.15) is 0 Å². The Kier molecular flexibility index (Phi) is 4.10. The van der Waals surface area contributed by atoms with Crippen LogP contribution in [0.2, 0.25) is 0 Å². The Balaban J connectivity index is 2.29. The smallest absolute Gasteiger partial charge is 0.0998 e. The van der Waals surface area contributed by atoms with E-state index in [1.54, 1.807) is 0 Å². The predicted octanol–water partition coefficient (Wildman–Crippen LogP) is 2.63. The average molecular weight is 244 g/mol. The maximum Gasteiger partial charge on any atom is 0.0998 e. The second-order valence-corrected chi connectivity index (χ2v) is 4.47. The summed E-state index contributed by atoms with van der Waals surface area (Å²) in [5, 5.41) is 8.36. The molecule has 2 aromatic rings. The van der Waals surface area contributed by atoms with Gasteiger partial charge in [0.25, 0.3) is 0 Å². The second-order valence-electron chi connectivity index (χ2n) is 4.47. The van der Waals surface area contributed by atoms with E-state index in [1.807, 2.05) is 23.0 Å². The molecule has 0 spiro atoms. The van der Waals surface area contributed by atoms with E-state index in [0.717, 1.165) is 30.6 Å². The topological polar surface area (TPSA) is 56.7 Å². The van der Waals surface area contributed by atoms with E-state index in [-0.39, 0.29) is 6.04 Å². The number of aryl methyl sites for hydroxylation is 1. The Morgan fingerprint density at radius 1 is 1.28 bits per heavy atom. The van der Waals surface area contributed by atoms with Crippen LogP contribution in [0.15, 0.2) is 30.5 Å². The summed E-state index contributed by atoms with van der Waals surface area (Å²) in [4.78, 5) is 0. The molecule has 1 unspecified atom stereocenters. The molecule has 0 aliphatic rings. The lowest BCUT2D eigenvalue weighted by atomic mass is 10.1. The molecule has 0 aliphatic heterocycles. The Hall–Kier alpha value is -1.68. The molecule has 0 amide bonds. The van der Waals surface area contributed by atoms with Gasteiger partial charge < -0.3 is 5.73 Å². The first-order valence-electron chi connectivity index (χ1n) is 6.52. The summed E-state index contributed by atoms with van der Waals surface area (Å²) < 4.78 is 1.82. The largest absolute Gasteiger partial charge is 0.323 e. The summed E-state index contributed by atoms with van der Waals surface area (Å²) in [6, 6.07) is 8.22. The van der Waals surface area contributed by atoms with Gasteiger partial charge >= 0.3 is 0 Å². The molecule has 0 aliphatic carbocycles. The summed E-state index contributed by atoms with van der Waals surface area (Å²) in [5.41, 5.74) is 9.26. The first-order valence-corrected chi connectivity index (χ1v) is 6.52. The number of benzene rings is 1. The van der Waals surface area contributed by atoms with Gasteiger partial charge in [-0.3, -0.25) is 0 Å². The zero-order chi connectivity index (χ0) is 13.0. The molecule has 1 aromatic heterocycles. The van der Waals surface area contributed by atoms with Crippen LogP contribution in [0.3, 0.4) is 0 Å². The lowest BCUT2D eigenvalue weighted by molar-refractivity contribution is 0.619. The van der Waals surface area contributed by atoms with E-state index in [4.69, 9.17) is 5.73 Å². The monoisotopic (exact) mass is 244 g/mol. The van der Waals surface area contributed by atoms with Crippen LogP contribution >= 0.6 is 0 Å². The molecular weight excluding hydrogens is 224 g/mol. The number of para-hydroxylation sites is 1. The average Bonchev–Trinajstić information content (AvgIpc) is 2.88. The Morgan fingerprint density at radius 3 is 2.78 bits per heavy atom. The van der Waals surface area contributed by atoms with Gasteiger partial charge in [0.15, 0.2) is 0 Å². The molecule has 1 heterocycles. The molecule has 18 heavy (non-hydrogen) atoms. The van der Waals surface area contributed by atoms with Gasteiger partial charge in [0.2, 0.25) is 0 Å². The van der Waals surface area contributed by atoms with Gasteiger partial charge in [0, 0.05) is 0 Å². The molecule has 0 fully saturated rings. The van der Waals surface area contributed by atoms with Crippen molar-refractivity contribution in [3.8, 4) is 5.69 Å². The molecule has 0 radical (unpaired) electrons. The minimum absolute atomic E-state index is 0.0162. The van der Waals surface area contributed by atoms with E-state index < -0.39 is 0 Å². The molecule has 2 rings (SSSR count). The summed E-state index contributed by atoms with van der Waals surface area (Å²) >= 11 is 0. The number of nitrogens with zero attached hydrogens (tertiary/aromatic N) is 3. The molecule has 2 N–H and O–H groups in total. The third kappa shape index (κ3) is 2.59. The lowest BCUT2D eigenvalue weighted by Gasteiger charge is -2.07. The zero-order valence-corrected chi connectivity index (χ0v) is 11.0. The fourth-order valence-electron chi connectivity index (χ4n) is 2.06. The van der Waals surface area contributed by atoms with Crippen molar-refractivity contribution in [2.45, 2.75) is 39.2 Å². The highest BCUT2D eigenvalue weighted by atomic mass is 15.4. The first kappa shape index (κ1) is 12.8. The fourth-order valence-corrected chi connectivity index (χ4v) is 2.06. The zero-order valence-electron chi connectivity index (χ0n) is 11.0. The Morgan fingerprint density at radius 2 is 2.06 bits per heavy atom. The van der Waals surface area contributed by atoms with Crippen LogP contribution in [0.5, 0.6) is 0 Å². The highest BCUT2D eigenvalue weighted by Gasteiger charge is 2.11. The molecule has 1 aromatic carbocycles. The summed E-state index contributed by atoms with van der Waals surface area (Å²) in [6.07, 6.45) is 4.91. The van der Waals surface area contributed by atoms with Crippen LogP contribution in [0.4, 0.5) is 0 Å². The number of nitrogens with two attached hydrogens (primary N) is 1. The van der Waals surface area contributed by atoms with Crippen molar-refractivity contribution in [3.63, 3.8) is 0 Å². The van der Waals surface area contributed by atoms with Gasteiger partial charge in [0.1, 0.15) is 0 Å². The van der Waals surface area contributed by atoms with Gasteiger partial charge in [-0.05, 0) is 24.5 Å². The van der Waals surface area contributed by atoms with E-state index in [9.17, 15) is 0 Å². The molecule has 0 saturated heterocycles. The minimum Gasteiger partial charge on any atom is -0.323 e. The van der Waals surface area contributed by atoms with Crippen molar-refractivity contribution in [2.24, 2.45) is 5.73 Å². The number of rotatable bonds is 5. The number of hydrogen-bond acceptors (Lipinski definition) is 3. The lowest BCUT2D eigenvalue weighted by Crippen LogP contribution is -2.10. The fraction of sp³-hybridized carbons (Fsp3) is 0.429. The van der Waals surface area contributed by atoms with Crippen molar-refractivity contribution >= 4 is 0 Å². The third-order valence-electron chi connectivity index (χ3n) is 3.11. The SMILES string of the molecule is CCCC(N)c1cn(-c2ccccc2CC)nn1. The second kappa shape index (κ2) is 5.78. The molecule has 4 heteroatoms. The highest BCUT2D eigenvalue weighted by molar-refractivity contribution is 5.40. The normalized spacial score (nSPS) is 12.6. The Labute approximate surface area is 108 Å². The van der Waals surface area contributed by atoms with Gasteiger partial charge in [-0.15, -0.1) is 5.10 Å². The van der Waals surface area contributed by atoms with Crippen molar-refractivity contribution < 1.29 is 0 Å². The predicted molar refractivity (Wildman–Crippen MR) is 72.6 cm³/mol. The quantitative estimate of drug-likeness (QED) is 0.879. The molecule has 0 bridgehead atoms. The van der Waals surface area contributed by atoms with Gasteiger partial charge in [0.05, 0.1) is 23.6 Å². The van der Waals surface area contributed by atoms with E-state index in [0.29, 0.717) is 0 Å². The van der Waals surface area contributed by atoms with Crippen molar-refractivity contribution in [3.05, 3.63) is 41.7 Å². The number of aromatic nitrogens is 3. The van der Waals surface area contributed by atoms with Gasteiger partial charge in [-0.25, -0.2) is 4.68 Å². The van der Waals surface area contributed by atoms with Crippen LogP contribution < -0.4 is 5.73 Å². The first-order chi connectivity index (χ1) is 8.76. The summed E-state index contributed by atoms with van der Waals surface area (Å²) in [7, 11) is 0. The van der Waals surface area contributed by atoms with Crippen molar-refractivity contribution in [1.82, 2.24) is 15.0 Å². The maximum atomic E-state index is 6.05. The standard InChI is InChI=1S/C14H20N4/c1-3-7-12(15)13-10-18(17-16-13)14-9-6-5-8-11(14)4-2/h5-6,8-10,12H,3-4,7,15H2,1-2H3. The molecule has 4 nitrogen and oxygen atoms in total. The van der Waals surface area contributed by atoms with Crippen LogP contribution in [0.25, 0.3) is 5.69 Å². The molecular formula is C14H20N4. The molecule has 96 valence electrons. The highest BCUT2D eigenvalue weighted by Crippen LogP contribution is 2.17. The summed E-state index contributed by atoms with van der Waals surface area (Å²) in [5.74, 6) is 0. The van der Waals surface area contributed by atoms with Crippen molar-refractivity contribution in [2.75, 3.05) is 0 Å². The number of hydrogen-bond donors (Lipinski definition) is 1. The van der Waals surface area contributed by atoms with E-state index in [2.05, 4.69) is 36.3 Å². The minimum atomic E-state index is -0.0162. The molecule has 1 atom stereocenters. The van der Waals surface area contributed by atoms with Crippen LogP contribution in [0, 0.1) is 0 Å². The van der Waals surface area contributed by atoms with Crippen LogP contribution in [0.1, 0.15) is 44.0 Å². The third-order valence-corrected chi connectivity index (χ3v) is 3.11. The van der Waals surface area contributed by atoms with Crippen LogP contribution in [-0.2, 0) is 6.42 Å². The van der Waals surface area contributed by atoms with Crippen molar-refractivity contribution in [1.29, 1.82) is 0 Å². The van der Waals surface area contributed by atoms with E-state index in [1.165, 1.54) is 5.56 Å². The summed E-state index contributed by atoms with van der Waals surface area (Å²) in [6.45, 7) is 4.26. The Bertz CT molecular complexity index is 504. The van der Waals surface area contributed by atoms with Gasteiger partial charge in [-0.1, -0.05) is 43.7 Å².